The Bertz CT molecular complexity index is 1240. The Balaban J connectivity index is 1.53. The number of hydrogen-bond acceptors (Lipinski definition) is 6. The lowest BCUT2D eigenvalue weighted by atomic mass is 9.89. The molecule has 2 N–H and O–H groups in total. The van der Waals surface area contributed by atoms with Crippen molar-refractivity contribution in [2.45, 2.75) is 31.8 Å². The summed E-state index contributed by atoms with van der Waals surface area (Å²) in [6.45, 7) is 3.62. The molecule has 0 aliphatic carbocycles. The summed E-state index contributed by atoms with van der Waals surface area (Å²) in [5.41, 5.74) is 4.70. The van der Waals surface area contributed by atoms with Gasteiger partial charge in [-0.25, -0.2) is 14.4 Å². The Kier molecular flexibility index (Phi) is 5.67. The second kappa shape index (κ2) is 8.61. The van der Waals surface area contributed by atoms with Crippen LogP contribution in [0.15, 0.2) is 48.0 Å². The van der Waals surface area contributed by atoms with Gasteiger partial charge in [0.25, 0.3) is 0 Å². The number of nitrogens with one attached hydrogen (secondary N) is 1. The first kappa shape index (κ1) is 21.1. The molecule has 0 radical (unpaired) electrons. The lowest BCUT2D eigenvalue weighted by Gasteiger charge is -2.29. The van der Waals surface area contributed by atoms with Crippen LogP contribution >= 0.6 is 11.3 Å². The minimum Gasteiger partial charge on any atom is -0.391 e. The van der Waals surface area contributed by atoms with E-state index < -0.39 is 6.10 Å². The molecule has 3 aromatic heterocycles. The van der Waals surface area contributed by atoms with Crippen molar-refractivity contribution in [2.24, 2.45) is 0 Å². The van der Waals surface area contributed by atoms with Crippen molar-refractivity contribution in [1.82, 2.24) is 19.7 Å². The van der Waals surface area contributed by atoms with E-state index >= 15 is 0 Å². The molecule has 6 nitrogen and oxygen atoms in total. The highest BCUT2D eigenvalue weighted by molar-refractivity contribution is 7.14. The van der Waals surface area contributed by atoms with Crippen LogP contribution in [0.2, 0.25) is 0 Å². The van der Waals surface area contributed by atoms with Crippen molar-refractivity contribution in [2.75, 3.05) is 25.0 Å². The third kappa shape index (κ3) is 3.79. The predicted octanol–water partition coefficient (Wildman–Crippen LogP) is 4.37. The fraction of sp³-hybridized carbons (Fsp3) is 0.333. The molecule has 2 atom stereocenters. The average Bonchev–Trinajstić information content (AvgIpc) is 3.44. The molecule has 1 aliphatic heterocycles. The number of aryl methyl sites for hydroxylation is 1. The van der Waals surface area contributed by atoms with E-state index in [9.17, 15) is 9.50 Å². The van der Waals surface area contributed by atoms with Gasteiger partial charge in [0.2, 0.25) is 0 Å². The van der Waals surface area contributed by atoms with Gasteiger partial charge in [0, 0.05) is 36.7 Å². The van der Waals surface area contributed by atoms with Crippen molar-refractivity contribution in [3.8, 4) is 11.3 Å². The van der Waals surface area contributed by atoms with Crippen molar-refractivity contribution >= 4 is 27.9 Å². The van der Waals surface area contributed by atoms with Gasteiger partial charge in [0.15, 0.2) is 5.13 Å². The number of pyridine rings is 1. The zero-order valence-corrected chi connectivity index (χ0v) is 18.9. The summed E-state index contributed by atoms with van der Waals surface area (Å²) in [6, 6.07) is 10.5. The standard InChI is InChI=1S/C24H26FN5OS/c1-3-19-23(29(2)24-28-20(14-32-24)15-4-7-17(25)8-5-15)30-13-16(6-9-22(30)27-19)18-10-11-26-12-21(18)31/h4-9,13-14,18,21,26,31H,3,10-12H2,1-2H3. The first-order valence-electron chi connectivity index (χ1n) is 10.9. The summed E-state index contributed by atoms with van der Waals surface area (Å²) in [6.07, 6.45) is 3.42. The van der Waals surface area contributed by atoms with Crippen LogP contribution in [-0.4, -0.2) is 45.7 Å². The molecule has 5 rings (SSSR count). The van der Waals surface area contributed by atoms with Gasteiger partial charge in [-0.3, -0.25) is 4.40 Å². The van der Waals surface area contributed by atoms with Crippen molar-refractivity contribution < 1.29 is 9.50 Å². The summed E-state index contributed by atoms with van der Waals surface area (Å²) < 4.78 is 15.4. The second-order valence-corrected chi connectivity index (χ2v) is 9.01. The van der Waals surface area contributed by atoms with Gasteiger partial charge in [0.1, 0.15) is 17.3 Å². The van der Waals surface area contributed by atoms with Crippen LogP contribution in [0.5, 0.6) is 0 Å². The Morgan fingerprint density at radius 2 is 2.03 bits per heavy atom. The topological polar surface area (TPSA) is 65.7 Å². The zero-order chi connectivity index (χ0) is 22.2. The number of aliphatic hydroxyl groups is 1. The smallest absolute Gasteiger partial charge is 0.191 e. The van der Waals surface area contributed by atoms with Crippen molar-refractivity contribution in [3.05, 3.63) is 65.0 Å². The number of imidazole rings is 1. The highest BCUT2D eigenvalue weighted by Gasteiger charge is 2.26. The highest BCUT2D eigenvalue weighted by atomic mass is 32.1. The molecule has 166 valence electrons. The van der Waals surface area contributed by atoms with Crippen LogP contribution < -0.4 is 10.2 Å². The SMILES string of the molecule is CCc1nc2ccc(C3CCNCC3O)cn2c1N(C)c1nc(-c2ccc(F)cc2)cs1. The maximum Gasteiger partial charge on any atom is 0.191 e. The van der Waals surface area contributed by atoms with Crippen LogP contribution in [0.4, 0.5) is 15.3 Å². The van der Waals surface area contributed by atoms with E-state index in [-0.39, 0.29) is 11.7 Å². The molecular formula is C24H26FN5OS. The number of anilines is 2. The number of thiazole rings is 1. The van der Waals surface area contributed by atoms with Gasteiger partial charge in [-0.15, -0.1) is 11.3 Å². The number of β-amino-alcohol motifs (C(OH)–C–C–N with tert-alkyl or cyclic N) is 1. The number of halogens is 1. The molecule has 4 heterocycles. The molecule has 1 saturated heterocycles. The summed E-state index contributed by atoms with van der Waals surface area (Å²) >= 11 is 1.55. The van der Waals surface area contributed by atoms with Crippen LogP contribution in [0, 0.1) is 5.82 Å². The van der Waals surface area contributed by atoms with Gasteiger partial charge in [-0.05, 0) is 55.3 Å². The molecule has 2 unspecified atom stereocenters. The Hall–Kier alpha value is -2.81. The Labute approximate surface area is 190 Å². The van der Waals surface area contributed by atoms with E-state index in [4.69, 9.17) is 9.97 Å². The quantitative estimate of drug-likeness (QED) is 0.472. The maximum absolute atomic E-state index is 13.3. The van der Waals surface area contributed by atoms with Crippen LogP contribution in [0.1, 0.15) is 30.5 Å². The molecular weight excluding hydrogens is 425 g/mol. The van der Waals surface area contributed by atoms with Gasteiger partial charge < -0.3 is 15.3 Å². The third-order valence-corrected chi connectivity index (χ3v) is 7.05. The number of rotatable bonds is 5. The van der Waals surface area contributed by atoms with Gasteiger partial charge >= 0.3 is 0 Å². The lowest BCUT2D eigenvalue weighted by Crippen LogP contribution is -2.39. The van der Waals surface area contributed by atoms with Crippen molar-refractivity contribution in [1.29, 1.82) is 0 Å². The molecule has 0 bridgehead atoms. The molecule has 32 heavy (non-hydrogen) atoms. The third-order valence-electron chi connectivity index (χ3n) is 6.14. The van der Waals surface area contributed by atoms with E-state index in [2.05, 4.69) is 33.8 Å². The molecule has 8 heteroatoms. The largest absolute Gasteiger partial charge is 0.391 e. The van der Waals surface area contributed by atoms with E-state index in [0.717, 1.165) is 58.5 Å². The molecule has 0 saturated carbocycles. The number of aromatic nitrogens is 3. The number of fused-ring (bicyclic) bond motifs is 1. The Morgan fingerprint density at radius 3 is 2.78 bits per heavy atom. The highest BCUT2D eigenvalue weighted by Crippen LogP contribution is 2.35. The molecule has 1 aromatic carbocycles. The number of hydrogen-bond donors (Lipinski definition) is 2. The fourth-order valence-electron chi connectivity index (χ4n) is 4.40. The minimum absolute atomic E-state index is 0.108. The van der Waals surface area contributed by atoms with Gasteiger partial charge in [-0.2, -0.15) is 0 Å². The lowest BCUT2D eigenvalue weighted by molar-refractivity contribution is 0.118. The summed E-state index contributed by atoms with van der Waals surface area (Å²) in [4.78, 5) is 11.7. The zero-order valence-electron chi connectivity index (χ0n) is 18.1. The van der Waals surface area contributed by atoms with Crippen LogP contribution in [0.25, 0.3) is 16.9 Å². The monoisotopic (exact) mass is 451 g/mol. The average molecular weight is 452 g/mol. The first-order valence-corrected chi connectivity index (χ1v) is 11.8. The van der Waals surface area contributed by atoms with E-state index in [0.29, 0.717) is 6.54 Å². The number of nitrogens with zero attached hydrogens (tertiary/aromatic N) is 4. The summed E-state index contributed by atoms with van der Waals surface area (Å²) in [5.74, 6) is 0.832. The van der Waals surface area contributed by atoms with Crippen molar-refractivity contribution in [3.63, 3.8) is 0 Å². The Morgan fingerprint density at radius 1 is 1.22 bits per heavy atom. The molecule has 0 amide bonds. The van der Waals surface area contributed by atoms with E-state index in [1.54, 1.807) is 23.5 Å². The van der Waals surface area contributed by atoms with Crippen LogP contribution in [0.3, 0.4) is 0 Å². The molecule has 4 aromatic rings. The summed E-state index contributed by atoms with van der Waals surface area (Å²) in [7, 11) is 2.00. The number of benzene rings is 1. The number of aliphatic hydroxyl groups excluding tert-OH is 1. The molecule has 0 spiro atoms. The fourth-order valence-corrected chi connectivity index (χ4v) is 5.20. The van der Waals surface area contributed by atoms with E-state index in [1.807, 2.05) is 18.5 Å². The second-order valence-electron chi connectivity index (χ2n) is 8.17. The van der Waals surface area contributed by atoms with E-state index in [1.165, 1.54) is 12.1 Å². The molecule has 1 aliphatic rings. The minimum atomic E-state index is -0.395. The van der Waals surface area contributed by atoms with Gasteiger partial charge in [-0.1, -0.05) is 13.0 Å². The predicted molar refractivity (Wildman–Crippen MR) is 126 cm³/mol. The summed E-state index contributed by atoms with van der Waals surface area (Å²) in [5, 5.41) is 16.6. The van der Waals surface area contributed by atoms with Crippen LogP contribution in [-0.2, 0) is 6.42 Å². The molecule has 1 fully saturated rings. The number of piperidine rings is 1. The normalized spacial score (nSPS) is 18.9. The van der Waals surface area contributed by atoms with Gasteiger partial charge in [0.05, 0.1) is 17.5 Å². The first-order chi connectivity index (χ1) is 15.5. The maximum atomic E-state index is 13.3.